The van der Waals surface area contributed by atoms with Gasteiger partial charge in [-0.1, -0.05) is 111 Å². The van der Waals surface area contributed by atoms with Crippen molar-refractivity contribution in [2.24, 2.45) is 0 Å². The van der Waals surface area contributed by atoms with E-state index in [9.17, 15) is 5.11 Å². The van der Waals surface area contributed by atoms with Gasteiger partial charge in [0.25, 0.3) is 0 Å². The van der Waals surface area contributed by atoms with Crippen LogP contribution in [0, 0.1) is 6.07 Å². The van der Waals surface area contributed by atoms with Gasteiger partial charge in [-0.3, -0.25) is 14.5 Å². The van der Waals surface area contributed by atoms with Gasteiger partial charge < -0.3 is 5.11 Å². The van der Waals surface area contributed by atoms with Crippen LogP contribution >= 0.6 is 0 Å². The monoisotopic (exact) mass is 833 g/mol. The number of benzene rings is 3. The summed E-state index contributed by atoms with van der Waals surface area (Å²) in [5.74, 6) is 0.223. The van der Waals surface area contributed by atoms with Crippen molar-refractivity contribution in [1.29, 1.82) is 0 Å². The molecule has 3 aromatic heterocycles. The Morgan fingerprint density at radius 2 is 1.38 bits per heavy atom. The van der Waals surface area contributed by atoms with Crippen LogP contribution in [-0.2, 0) is 37.3 Å². The molecule has 3 aromatic carbocycles. The zero-order chi connectivity index (χ0) is 34.1. The molecule has 1 N–H and O–H groups in total. The van der Waals surface area contributed by atoms with E-state index in [-0.39, 0.29) is 43.1 Å². The predicted molar refractivity (Wildman–Crippen MR) is 202 cm³/mol. The summed E-state index contributed by atoms with van der Waals surface area (Å²) in [6.07, 6.45) is 1.90. The molecular formula is C42H48N3OPtSi-. The Labute approximate surface area is 301 Å². The summed E-state index contributed by atoms with van der Waals surface area (Å²) in [6.45, 7) is 25.1. The minimum Gasteiger partial charge on any atom is -0.506 e. The molecule has 3 heterocycles. The molecule has 4 nitrogen and oxygen atoms in total. The number of aromatic hydroxyl groups is 1. The molecule has 0 aliphatic carbocycles. The van der Waals surface area contributed by atoms with E-state index in [2.05, 4.69) is 135 Å². The fourth-order valence-electron chi connectivity index (χ4n) is 6.41. The van der Waals surface area contributed by atoms with Crippen molar-refractivity contribution < 1.29 is 26.2 Å². The number of phenols is 1. The van der Waals surface area contributed by atoms with Crippen molar-refractivity contribution in [2.75, 3.05) is 0 Å². The van der Waals surface area contributed by atoms with E-state index in [1.54, 1.807) is 6.07 Å². The molecule has 0 saturated heterocycles. The molecule has 0 aliphatic rings. The van der Waals surface area contributed by atoms with E-state index in [0.29, 0.717) is 0 Å². The second-order valence-electron chi connectivity index (χ2n) is 16.6. The zero-order valence-electron chi connectivity index (χ0n) is 30.2. The second-order valence-corrected chi connectivity index (χ2v) is 20.9. The summed E-state index contributed by atoms with van der Waals surface area (Å²) in [7, 11) is -2.20. The summed E-state index contributed by atoms with van der Waals surface area (Å²) in [4.78, 5) is 10.4. The van der Waals surface area contributed by atoms with Gasteiger partial charge in [0.1, 0.15) is 19.5 Å². The molecule has 0 saturated carbocycles. The van der Waals surface area contributed by atoms with Crippen LogP contribution < -0.4 is 10.5 Å². The van der Waals surface area contributed by atoms with Gasteiger partial charge in [0.2, 0.25) is 0 Å². The van der Waals surface area contributed by atoms with Crippen LogP contribution in [0.3, 0.4) is 0 Å². The molecule has 6 aromatic rings. The van der Waals surface area contributed by atoms with Crippen molar-refractivity contribution in [3.63, 3.8) is 0 Å². The third-order valence-electron chi connectivity index (χ3n) is 9.51. The Morgan fingerprint density at radius 1 is 0.708 bits per heavy atom. The number of phenolic OH excluding ortho intramolecular Hbond substituents is 1. The SMILES string of the molecule is CC(C)(C)c1cc(-c2nc3c(cc2C(C)(C)C)c2cc(C(C)(C)C)ccc2n3-c2ccccc2O)[c-]c([Si](C)(C)c2ccccn2)c1.[Pt]. The van der Waals surface area contributed by atoms with Gasteiger partial charge in [-0.15, -0.1) is 34.5 Å². The smallest absolute Gasteiger partial charge is 0.139 e. The van der Waals surface area contributed by atoms with Crippen LogP contribution in [0.4, 0.5) is 0 Å². The van der Waals surface area contributed by atoms with Gasteiger partial charge in [0, 0.05) is 43.4 Å². The standard InChI is InChI=1S/C42H48N3OSi.Pt/c1-40(2,3)28-19-20-34-31(25-28)32-26-33(42(7,8)9)38(44-39(32)45(34)35-16-12-13-17-36(35)46)27-22-29(41(4,5)6)24-30(23-27)47(10,11)37-18-14-15-21-43-37;/h12-22,24-26,46H,1-11H3;/q-1;. The molecule has 48 heavy (non-hydrogen) atoms. The summed E-state index contributed by atoms with van der Waals surface area (Å²) in [5.41, 5.74) is 7.91. The van der Waals surface area contributed by atoms with E-state index >= 15 is 0 Å². The van der Waals surface area contributed by atoms with Gasteiger partial charge in [0.15, 0.2) is 0 Å². The average molecular weight is 834 g/mol. The van der Waals surface area contributed by atoms with Crippen molar-refractivity contribution in [3.05, 3.63) is 108 Å². The zero-order valence-corrected chi connectivity index (χ0v) is 33.5. The normalized spacial score (nSPS) is 12.8. The molecule has 0 amide bonds. The fraction of sp³-hybridized carbons (Fsp3) is 0.333. The van der Waals surface area contributed by atoms with Gasteiger partial charge in [-0.05, 0) is 63.9 Å². The Balaban J connectivity index is 0.00000451. The molecule has 0 radical (unpaired) electrons. The Bertz CT molecular complexity index is 2130. The fourth-order valence-corrected chi connectivity index (χ4v) is 8.56. The number of para-hydroxylation sites is 2. The number of hydrogen-bond donors (Lipinski definition) is 1. The van der Waals surface area contributed by atoms with Gasteiger partial charge in [-0.25, -0.2) is 0 Å². The minimum absolute atomic E-state index is 0. The maximum absolute atomic E-state index is 11.2. The van der Waals surface area contributed by atoms with Gasteiger partial charge in [-0.2, -0.15) is 0 Å². The Kier molecular flexibility index (Phi) is 9.25. The van der Waals surface area contributed by atoms with Gasteiger partial charge in [0.05, 0.1) is 11.2 Å². The van der Waals surface area contributed by atoms with Crippen LogP contribution in [0.2, 0.25) is 13.1 Å². The van der Waals surface area contributed by atoms with E-state index in [4.69, 9.17) is 9.97 Å². The molecule has 6 heteroatoms. The summed E-state index contributed by atoms with van der Waals surface area (Å²) < 4.78 is 2.13. The van der Waals surface area contributed by atoms with Crippen LogP contribution in [0.15, 0.2) is 85.1 Å². The number of fused-ring (bicyclic) bond motifs is 3. The van der Waals surface area contributed by atoms with Crippen molar-refractivity contribution in [1.82, 2.24) is 14.5 Å². The predicted octanol–water partition coefficient (Wildman–Crippen LogP) is 9.46. The van der Waals surface area contributed by atoms with E-state index in [1.165, 1.54) is 21.9 Å². The second kappa shape index (κ2) is 12.4. The maximum Gasteiger partial charge on any atom is 0.139 e. The quantitative estimate of drug-likeness (QED) is 0.142. The summed E-state index contributed by atoms with van der Waals surface area (Å²) >= 11 is 0. The first-order valence-electron chi connectivity index (χ1n) is 16.7. The third kappa shape index (κ3) is 6.44. The number of hydrogen-bond acceptors (Lipinski definition) is 3. The molecule has 252 valence electrons. The van der Waals surface area contributed by atoms with Crippen LogP contribution in [-0.4, -0.2) is 27.7 Å². The van der Waals surface area contributed by atoms with Gasteiger partial charge >= 0.3 is 0 Å². The van der Waals surface area contributed by atoms with Crippen LogP contribution in [0.5, 0.6) is 5.75 Å². The maximum atomic E-state index is 11.2. The molecular weight excluding hydrogens is 786 g/mol. The minimum atomic E-state index is -2.20. The molecule has 0 bridgehead atoms. The van der Waals surface area contributed by atoms with Crippen molar-refractivity contribution in [3.8, 4) is 22.7 Å². The van der Waals surface area contributed by atoms with Crippen molar-refractivity contribution in [2.45, 2.75) is 91.7 Å². The molecule has 6 rings (SSSR count). The van der Waals surface area contributed by atoms with Crippen LogP contribution in [0.1, 0.15) is 79.0 Å². The van der Waals surface area contributed by atoms with E-state index in [1.807, 2.05) is 30.5 Å². The molecule has 0 fully saturated rings. The number of pyridine rings is 2. The topological polar surface area (TPSA) is 50.9 Å². The van der Waals surface area contributed by atoms with E-state index < -0.39 is 8.07 Å². The third-order valence-corrected chi connectivity index (χ3v) is 12.7. The average Bonchev–Trinajstić information content (AvgIpc) is 3.32. The van der Waals surface area contributed by atoms with Crippen molar-refractivity contribution >= 4 is 40.5 Å². The molecule has 0 aliphatic heterocycles. The first kappa shape index (κ1) is 35.8. The summed E-state index contributed by atoms with van der Waals surface area (Å²) in [5, 5.41) is 15.7. The van der Waals surface area contributed by atoms with Crippen LogP contribution in [0.25, 0.3) is 38.9 Å². The van der Waals surface area contributed by atoms with E-state index in [0.717, 1.165) is 44.2 Å². The molecule has 0 atom stereocenters. The summed E-state index contributed by atoms with van der Waals surface area (Å²) in [6, 6.07) is 31.4. The number of aromatic nitrogens is 3. The molecule has 0 unspecified atom stereocenters. The Hall–Kier alpha value is -3.53. The molecule has 0 spiro atoms. The number of rotatable bonds is 4. The largest absolute Gasteiger partial charge is 0.506 e. The first-order valence-corrected chi connectivity index (χ1v) is 19.7. The first-order chi connectivity index (χ1) is 21.9. The number of nitrogens with zero attached hydrogens (tertiary/aromatic N) is 3. The Morgan fingerprint density at radius 3 is 1.98 bits per heavy atom.